The second kappa shape index (κ2) is 4.05. The molecule has 0 fully saturated rings. The lowest BCUT2D eigenvalue weighted by molar-refractivity contribution is 0.0651. The number of rotatable bonds is 3. The molecule has 7 heteroatoms. The fourth-order valence-electron chi connectivity index (χ4n) is 1.36. The molecular formula is C10H6N2O5. The van der Waals surface area contributed by atoms with Gasteiger partial charge >= 0.3 is 11.9 Å². The highest BCUT2D eigenvalue weighted by molar-refractivity contribution is 6.02. The Morgan fingerprint density at radius 1 is 1.12 bits per heavy atom. The summed E-state index contributed by atoms with van der Waals surface area (Å²) in [6.45, 7) is 0. The third-order valence-electron chi connectivity index (χ3n) is 2.14. The molecule has 7 nitrogen and oxygen atoms in total. The third kappa shape index (κ3) is 1.98. The monoisotopic (exact) mass is 234 g/mol. The van der Waals surface area contributed by atoms with E-state index in [-0.39, 0.29) is 11.1 Å². The molecule has 1 aromatic heterocycles. The summed E-state index contributed by atoms with van der Waals surface area (Å²) in [6, 6.07) is 3.86. The molecule has 0 aliphatic rings. The molecule has 86 valence electrons. The zero-order valence-electron chi connectivity index (χ0n) is 8.32. The van der Waals surface area contributed by atoms with E-state index in [9.17, 15) is 9.59 Å². The van der Waals surface area contributed by atoms with Crippen molar-refractivity contribution in [3.8, 4) is 11.3 Å². The number of carboxylic acids is 2. The molecule has 0 unspecified atom stereocenters. The minimum atomic E-state index is -1.32. The zero-order valence-corrected chi connectivity index (χ0v) is 8.32. The molecule has 1 heterocycles. The first-order valence-electron chi connectivity index (χ1n) is 4.47. The summed E-state index contributed by atoms with van der Waals surface area (Å²) in [5, 5.41) is 24.6. The van der Waals surface area contributed by atoms with Crippen LogP contribution in [0.3, 0.4) is 0 Å². The maximum Gasteiger partial charge on any atom is 0.336 e. The fraction of sp³-hybridized carbons (Fsp3) is 0. The molecule has 0 aliphatic carbocycles. The Hall–Kier alpha value is -2.70. The Morgan fingerprint density at radius 2 is 1.82 bits per heavy atom. The molecule has 0 aliphatic heterocycles. The van der Waals surface area contributed by atoms with Crippen LogP contribution >= 0.6 is 0 Å². The Balaban J connectivity index is 2.57. The topological polar surface area (TPSA) is 114 Å². The van der Waals surface area contributed by atoms with Gasteiger partial charge in [-0.05, 0) is 12.1 Å². The van der Waals surface area contributed by atoms with E-state index in [2.05, 4.69) is 14.9 Å². The Morgan fingerprint density at radius 3 is 2.35 bits per heavy atom. The van der Waals surface area contributed by atoms with Gasteiger partial charge in [0, 0.05) is 10.8 Å². The average Bonchev–Trinajstić information content (AvgIpc) is 2.81. The van der Waals surface area contributed by atoms with Crippen LogP contribution in [0.25, 0.3) is 11.3 Å². The van der Waals surface area contributed by atoms with Gasteiger partial charge in [0.05, 0.1) is 11.1 Å². The highest BCUT2D eigenvalue weighted by Crippen LogP contribution is 2.20. The van der Waals surface area contributed by atoms with E-state index in [0.717, 1.165) is 0 Å². The van der Waals surface area contributed by atoms with Gasteiger partial charge in [0.25, 0.3) is 0 Å². The van der Waals surface area contributed by atoms with Crippen LogP contribution in [0.15, 0.2) is 29.0 Å². The molecule has 2 aromatic rings. The van der Waals surface area contributed by atoms with Crippen molar-refractivity contribution in [2.75, 3.05) is 0 Å². The van der Waals surface area contributed by atoms with Gasteiger partial charge in [0.15, 0.2) is 6.26 Å². The van der Waals surface area contributed by atoms with Crippen molar-refractivity contribution in [1.82, 2.24) is 10.4 Å². The number of aromatic nitrogens is 2. The van der Waals surface area contributed by atoms with E-state index in [1.54, 1.807) is 0 Å². The Kier molecular flexibility index (Phi) is 2.57. The van der Waals surface area contributed by atoms with Crippen LogP contribution in [0.4, 0.5) is 0 Å². The molecule has 1 aromatic carbocycles. The normalized spacial score (nSPS) is 10.1. The van der Waals surface area contributed by atoms with Crippen LogP contribution in [0, 0.1) is 0 Å². The van der Waals surface area contributed by atoms with Crippen molar-refractivity contribution in [3.63, 3.8) is 0 Å². The van der Waals surface area contributed by atoms with E-state index in [0.29, 0.717) is 11.3 Å². The summed E-state index contributed by atoms with van der Waals surface area (Å²) in [5.41, 5.74) is 0.175. The number of nitrogens with zero attached hydrogens (tertiary/aromatic N) is 2. The third-order valence-corrected chi connectivity index (χ3v) is 2.14. The smallest absolute Gasteiger partial charge is 0.336 e. The van der Waals surface area contributed by atoms with E-state index >= 15 is 0 Å². The molecule has 2 rings (SSSR count). The van der Waals surface area contributed by atoms with Gasteiger partial charge in [0.2, 0.25) is 0 Å². The van der Waals surface area contributed by atoms with E-state index < -0.39 is 11.9 Å². The number of aromatic carboxylic acids is 2. The molecule has 0 spiro atoms. The lowest BCUT2D eigenvalue weighted by Gasteiger charge is -2.03. The van der Waals surface area contributed by atoms with Gasteiger partial charge in [-0.15, -0.1) is 5.10 Å². The predicted molar refractivity (Wildman–Crippen MR) is 53.7 cm³/mol. The molecule has 0 atom stereocenters. The van der Waals surface area contributed by atoms with Gasteiger partial charge in [0.1, 0.15) is 5.69 Å². The SMILES string of the molecule is O=C(O)c1ccc(-c2conn2)cc1C(=O)O. The van der Waals surface area contributed by atoms with Gasteiger partial charge in [-0.1, -0.05) is 6.07 Å². The number of hydrogen-bond donors (Lipinski definition) is 2. The quantitative estimate of drug-likeness (QED) is 0.818. The Labute approximate surface area is 94.3 Å². The zero-order chi connectivity index (χ0) is 12.4. The first-order valence-corrected chi connectivity index (χ1v) is 4.47. The summed E-state index contributed by atoms with van der Waals surface area (Å²) >= 11 is 0. The van der Waals surface area contributed by atoms with E-state index in [1.165, 1.54) is 24.5 Å². The molecule has 2 N–H and O–H groups in total. The Bertz CT molecular complexity index is 576. The summed E-state index contributed by atoms with van der Waals surface area (Å²) in [6.07, 6.45) is 1.24. The van der Waals surface area contributed by atoms with Crippen molar-refractivity contribution in [2.45, 2.75) is 0 Å². The van der Waals surface area contributed by atoms with Crippen molar-refractivity contribution >= 4 is 11.9 Å². The lowest BCUT2D eigenvalue weighted by atomic mass is 10.0. The number of benzene rings is 1. The van der Waals surface area contributed by atoms with Crippen LogP contribution in [-0.4, -0.2) is 32.5 Å². The number of carboxylic acid groups (broad SMARTS) is 2. The van der Waals surface area contributed by atoms with Crippen LogP contribution < -0.4 is 0 Å². The second-order valence-electron chi connectivity index (χ2n) is 3.16. The maximum absolute atomic E-state index is 10.9. The largest absolute Gasteiger partial charge is 0.478 e. The summed E-state index contributed by atoms with van der Waals surface area (Å²) < 4.78 is 4.52. The van der Waals surface area contributed by atoms with Crippen molar-refractivity contribution in [3.05, 3.63) is 35.6 Å². The molecule has 0 amide bonds. The number of hydrogen-bond acceptors (Lipinski definition) is 5. The van der Waals surface area contributed by atoms with Crippen LogP contribution in [0.1, 0.15) is 20.7 Å². The fourth-order valence-corrected chi connectivity index (χ4v) is 1.36. The summed E-state index contributed by atoms with van der Waals surface area (Å²) in [5.74, 6) is -2.62. The number of carbonyl (C=O) groups is 2. The van der Waals surface area contributed by atoms with Crippen molar-refractivity contribution < 1.29 is 24.3 Å². The maximum atomic E-state index is 10.9. The van der Waals surface area contributed by atoms with Gasteiger partial charge in [-0.2, -0.15) is 0 Å². The first-order chi connectivity index (χ1) is 8.09. The second-order valence-corrected chi connectivity index (χ2v) is 3.16. The van der Waals surface area contributed by atoms with Crippen LogP contribution in [0.2, 0.25) is 0 Å². The molecule has 0 radical (unpaired) electrons. The standard InChI is InChI=1S/C10H6N2O5/c13-9(14)6-2-1-5(3-7(6)10(15)16)8-4-17-12-11-8/h1-4H,(H,13,14)(H,15,16). The summed E-state index contributed by atoms with van der Waals surface area (Å²) in [4.78, 5) is 21.7. The van der Waals surface area contributed by atoms with Gasteiger partial charge in [-0.25, -0.2) is 9.59 Å². The molecular weight excluding hydrogens is 228 g/mol. The van der Waals surface area contributed by atoms with Gasteiger partial charge < -0.3 is 14.7 Å². The highest BCUT2D eigenvalue weighted by Gasteiger charge is 2.17. The minimum Gasteiger partial charge on any atom is -0.478 e. The van der Waals surface area contributed by atoms with E-state index in [1.807, 2.05) is 0 Å². The molecule has 17 heavy (non-hydrogen) atoms. The van der Waals surface area contributed by atoms with E-state index in [4.69, 9.17) is 10.2 Å². The lowest BCUT2D eigenvalue weighted by Crippen LogP contribution is -2.08. The van der Waals surface area contributed by atoms with Crippen LogP contribution in [-0.2, 0) is 0 Å². The first kappa shape index (κ1) is 10.8. The average molecular weight is 234 g/mol. The molecule has 0 saturated heterocycles. The van der Waals surface area contributed by atoms with Crippen molar-refractivity contribution in [2.24, 2.45) is 0 Å². The van der Waals surface area contributed by atoms with Crippen molar-refractivity contribution in [1.29, 1.82) is 0 Å². The minimum absolute atomic E-state index is 0.280. The molecule has 0 saturated carbocycles. The summed E-state index contributed by atoms with van der Waals surface area (Å²) in [7, 11) is 0. The van der Waals surface area contributed by atoms with Gasteiger partial charge in [-0.3, -0.25) is 0 Å². The molecule has 0 bridgehead atoms. The predicted octanol–water partition coefficient (Wildman–Crippen LogP) is 1.13. The van der Waals surface area contributed by atoms with Crippen LogP contribution in [0.5, 0.6) is 0 Å². The highest BCUT2D eigenvalue weighted by atomic mass is 16.5.